The van der Waals surface area contributed by atoms with Gasteiger partial charge in [0.25, 0.3) is 0 Å². The molecule has 1 saturated heterocycles. The summed E-state index contributed by atoms with van der Waals surface area (Å²) in [6.07, 6.45) is 6.15. The van der Waals surface area contributed by atoms with Gasteiger partial charge in [0.05, 0.1) is 6.54 Å². The molecule has 0 radical (unpaired) electrons. The van der Waals surface area contributed by atoms with Crippen LogP contribution in [0.3, 0.4) is 0 Å². The van der Waals surface area contributed by atoms with Gasteiger partial charge in [-0.3, -0.25) is 9.69 Å². The van der Waals surface area contributed by atoms with Crippen LogP contribution >= 0.6 is 0 Å². The van der Waals surface area contributed by atoms with Crippen molar-refractivity contribution in [2.75, 3.05) is 19.6 Å². The van der Waals surface area contributed by atoms with Crippen LogP contribution in [0.1, 0.15) is 39.0 Å². The molecule has 1 heterocycles. The van der Waals surface area contributed by atoms with Gasteiger partial charge in [-0.25, -0.2) is 0 Å². The number of carbonyl (C=O) groups is 1. The molecule has 1 saturated carbocycles. The van der Waals surface area contributed by atoms with Crippen LogP contribution in [0, 0.1) is 5.92 Å². The largest absolute Gasteiger partial charge is 0.352 e. The molecule has 1 aliphatic heterocycles. The van der Waals surface area contributed by atoms with Crippen molar-refractivity contribution in [2.45, 2.75) is 51.1 Å². The zero-order valence-corrected chi connectivity index (χ0v) is 10.8. The van der Waals surface area contributed by atoms with E-state index in [1.165, 1.54) is 19.3 Å². The van der Waals surface area contributed by atoms with E-state index in [4.69, 9.17) is 5.73 Å². The third-order valence-corrected chi connectivity index (χ3v) is 4.08. The molecule has 2 aliphatic rings. The number of amides is 1. The topological polar surface area (TPSA) is 58.4 Å². The normalized spacial score (nSPS) is 31.6. The Morgan fingerprint density at radius 3 is 2.59 bits per heavy atom. The maximum atomic E-state index is 11.9. The Hall–Kier alpha value is -0.610. The van der Waals surface area contributed by atoms with Crippen LogP contribution < -0.4 is 11.1 Å². The summed E-state index contributed by atoms with van der Waals surface area (Å²) in [6.45, 7) is 4.50. The molecule has 2 atom stereocenters. The number of hydrogen-bond acceptors (Lipinski definition) is 3. The number of carbonyl (C=O) groups excluding carboxylic acids is 1. The number of nitrogens with zero attached hydrogens (tertiary/aromatic N) is 1. The third-order valence-electron chi connectivity index (χ3n) is 4.08. The maximum Gasteiger partial charge on any atom is 0.234 e. The fourth-order valence-electron chi connectivity index (χ4n) is 2.95. The van der Waals surface area contributed by atoms with Gasteiger partial charge in [-0.15, -0.1) is 0 Å². The number of nitrogens with two attached hydrogens (primary N) is 1. The van der Waals surface area contributed by atoms with Crippen molar-refractivity contribution in [1.82, 2.24) is 10.2 Å². The Labute approximate surface area is 104 Å². The monoisotopic (exact) mass is 239 g/mol. The van der Waals surface area contributed by atoms with Crippen LogP contribution in [0.5, 0.6) is 0 Å². The fourth-order valence-corrected chi connectivity index (χ4v) is 2.95. The minimum Gasteiger partial charge on any atom is -0.352 e. The summed E-state index contributed by atoms with van der Waals surface area (Å²) in [5.74, 6) is 0.690. The van der Waals surface area contributed by atoms with Crippen molar-refractivity contribution >= 4 is 5.91 Å². The molecule has 4 heteroatoms. The summed E-state index contributed by atoms with van der Waals surface area (Å²) >= 11 is 0. The van der Waals surface area contributed by atoms with E-state index in [0.717, 1.165) is 25.9 Å². The summed E-state index contributed by atoms with van der Waals surface area (Å²) in [6, 6.07) is 0.655. The maximum absolute atomic E-state index is 11.9. The van der Waals surface area contributed by atoms with Crippen LogP contribution in [-0.2, 0) is 4.79 Å². The number of likely N-dealkylation sites (tertiary alicyclic amines) is 1. The average Bonchev–Trinajstić information content (AvgIpc) is 2.59. The van der Waals surface area contributed by atoms with Gasteiger partial charge in [0.1, 0.15) is 0 Å². The van der Waals surface area contributed by atoms with Crippen molar-refractivity contribution in [1.29, 1.82) is 0 Å². The summed E-state index contributed by atoms with van der Waals surface area (Å²) in [5.41, 5.74) is 5.96. The first-order valence-electron chi connectivity index (χ1n) is 6.92. The van der Waals surface area contributed by atoms with Gasteiger partial charge in [0.2, 0.25) is 5.91 Å². The van der Waals surface area contributed by atoms with Crippen LogP contribution in [0.4, 0.5) is 0 Å². The standard InChI is InChI=1S/C13H25N3O/c1-10-7-16(8-12(10)14)9-13(17)15-11-5-3-2-4-6-11/h10-12H,2-9,14H2,1H3,(H,15,17). The van der Waals surface area contributed by atoms with Crippen molar-refractivity contribution in [3.63, 3.8) is 0 Å². The molecule has 3 N–H and O–H groups in total. The Morgan fingerprint density at radius 2 is 2.00 bits per heavy atom. The first kappa shape index (κ1) is 12.8. The van der Waals surface area contributed by atoms with Crippen LogP contribution in [0.25, 0.3) is 0 Å². The highest BCUT2D eigenvalue weighted by molar-refractivity contribution is 5.78. The smallest absolute Gasteiger partial charge is 0.234 e. The van der Waals surface area contributed by atoms with Gasteiger partial charge in [-0.1, -0.05) is 26.2 Å². The van der Waals surface area contributed by atoms with E-state index >= 15 is 0 Å². The lowest BCUT2D eigenvalue weighted by atomic mass is 9.95. The lowest BCUT2D eigenvalue weighted by molar-refractivity contribution is -0.122. The second-order valence-corrected chi connectivity index (χ2v) is 5.74. The molecular weight excluding hydrogens is 214 g/mol. The van der Waals surface area contributed by atoms with Crippen LogP contribution in [0.2, 0.25) is 0 Å². The second kappa shape index (κ2) is 5.83. The average molecular weight is 239 g/mol. The van der Waals surface area contributed by atoms with Crippen LogP contribution in [0.15, 0.2) is 0 Å². The number of hydrogen-bond donors (Lipinski definition) is 2. The van der Waals surface area contributed by atoms with Gasteiger partial charge in [0.15, 0.2) is 0 Å². The molecule has 2 fully saturated rings. The minimum atomic E-state index is 0.179. The van der Waals surface area contributed by atoms with E-state index in [2.05, 4.69) is 17.1 Å². The molecule has 0 aromatic rings. The third kappa shape index (κ3) is 3.68. The highest BCUT2D eigenvalue weighted by atomic mass is 16.2. The molecule has 0 spiro atoms. The lowest BCUT2D eigenvalue weighted by Crippen LogP contribution is -2.42. The zero-order chi connectivity index (χ0) is 12.3. The highest BCUT2D eigenvalue weighted by Gasteiger charge is 2.28. The molecule has 4 nitrogen and oxygen atoms in total. The fraction of sp³-hybridized carbons (Fsp3) is 0.923. The van der Waals surface area contributed by atoms with Gasteiger partial charge in [0, 0.05) is 25.2 Å². The molecule has 0 aromatic carbocycles. The Morgan fingerprint density at radius 1 is 1.29 bits per heavy atom. The van der Waals surface area contributed by atoms with Crippen LogP contribution in [-0.4, -0.2) is 42.5 Å². The van der Waals surface area contributed by atoms with E-state index < -0.39 is 0 Å². The quantitative estimate of drug-likeness (QED) is 0.763. The Kier molecular flexibility index (Phi) is 4.40. The van der Waals surface area contributed by atoms with Gasteiger partial charge < -0.3 is 11.1 Å². The van der Waals surface area contributed by atoms with Gasteiger partial charge >= 0.3 is 0 Å². The first-order valence-corrected chi connectivity index (χ1v) is 6.92. The molecule has 2 rings (SSSR count). The predicted octanol–water partition coefficient (Wildman–Crippen LogP) is 0.714. The van der Waals surface area contributed by atoms with Crippen molar-refractivity contribution < 1.29 is 4.79 Å². The van der Waals surface area contributed by atoms with E-state index in [0.29, 0.717) is 18.5 Å². The van der Waals surface area contributed by atoms with E-state index in [1.54, 1.807) is 0 Å². The van der Waals surface area contributed by atoms with E-state index in [9.17, 15) is 4.79 Å². The molecule has 2 unspecified atom stereocenters. The van der Waals surface area contributed by atoms with E-state index in [1.807, 2.05) is 0 Å². The van der Waals surface area contributed by atoms with Gasteiger partial charge in [-0.2, -0.15) is 0 Å². The molecule has 17 heavy (non-hydrogen) atoms. The highest BCUT2D eigenvalue weighted by Crippen LogP contribution is 2.18. The minimum absolute atomic E-state index is 0.179. The summed E-state index contributed by atoms with van der Waals surface area (Å²) in [5, 5.41) is 3.15. The molecule has 0 aromatic heterocycles. The van der Waals surface area contributed by atoms with Crippen molar-refractivity contribution in [3.8, 4) is 0 Å². The Bertz CT molecular complexity index is 253. The number of nitrogens with one attached hydrogen (secondary N) is 1. The van der Waals surface area contributed by atoms with Crippen molar-refractivity contribution in [2.24, 2.45) is 11.7 Å². The summed E-state index contributed by atoms with van der Waals surface area (Å²) in [4.78, 5) is 14.1. The summed E-state index contributed by atoms with van der Waals surface area (Å²) < 4.78 is 0. The first-order chi connectivity index (χ1) is 8.15. The zero-order valence-electron chi connectivity index (χ0n) is 10.8. The van der Waals surface area contributed by atoms with Crippen molar-refractivity contribution in [3.05, 3.63) is 0 Å². The second-order valence-electron chi connectivity index (χ2n) is 5.74. The lowest BCUT2D eigenvalue weighted by Gasteiger charge is -2.24. The van der Waals surface area contributed by atoms with Gasteiger partial charge in [-0.05, 0) is 18.8 Å². The molecule has 0 bridgehead atoms. The molecular formula is C13H25N3O. The predicted molar refractivity (Wildman–Crippen MR) is 68.6 cm³/mol. The van der Waals surface area contributed by atoms with E-state index in [-0.39, 0.29) is 11.9 Å². The molecule has 1 amide bonds. The SMILES string of the molecule is CC1CN(CC(=O)NC2CCCCC2)CC1N. The Balaban J connectivity index is 1.70. The molecule has 98 valence electrons. The summed E-state index contributed by atoms with van der Waals surface area (Å²) in [7, 11) is 0. The number of rotatable bonds is 3. The molecule has 1 aliphatic carbocycles.